The lowest BCUT2D eigenvalue weighted by molar-refractivity contribution is -0.140. The third-order valence-electron chi connectivity index (χ3n) is 5.60. The van der Waals surface area contributed by atoms with E-state index < -0.39 is 0 Å². The van der Waals surface area contributed by atoms with E-state index in [1.54, 1.807) is 7.05 Å². The summed E-state index contributed by atoms with van der Waals surface area (Å²) < 4.78 is 0. The van der Waals surface area contributed by atoms with Gasteiger partial charge < -0.3 is 0 Å². The Kier molecular flexibility index (Phi) is 2.56. The normalized spacial score (nSPS) is 43.1. The monoisotopic (exact) mass is 250 g/mol. The fourth-order valence-corrected chi connectivity index (χ4v) is 4.62. The van der Waals surface area contributed by atoms with Gasteiger partial charge in [-0.2, -0.15) is 0 Å². The van der Waals surface area contributed by atoms with Crippen molar-refractivity contribution in [3.05, 3.63) is 0 Å². The van der Waals surface area contributed by atoms with Crippen LogP contribution in [0.5, 0.6) is 0 Å². The van der Waals surface area contributed by atoms with Crippen LogP contribution in [0.1, 0.15) is 39.0 Å². The van der Waals surface area contributed by atoms with Gasteiger partial charge in [-0.15, -0.1) is 0 Å². The first-order valence-electron chi connectivity index (χ1n) is 7.09. The largest absolute Gasteiger partial charge is 0.296 e. The van der Waals surface area contributed by atoms with Gasteiger partial charge in [-0.25, -0.2) is 0 Å². The molecule has 0 spiro atoms. The van der Waals surface area contributed by atoms with Crippen molar-refractivity contribution in [3.63, 3.8) is 0 Å². The first kappa shape index (κ1) is 12.2. The van der Waals surface area contributed by atoms with Crippen LogP contribution >= 0.6 is 0 Å². The van der Waals surface area contributed by atoms with E-state index in [-0.39, 0.29) is 29.2 Å². The lowest BCUT2D eigenvalue weighted by Crippen LogP contribution is -2.47. The lowest BCUT2D eigenvalue weighted by Gasteiger charge is -2.36. The van der Waals surface area contributed by atoms with E-state index in [9.17, 15) is 9.59 Å². The molecule has 0 N–H and O–H groups in total. The van der Waals surface area contributed by atoms with Crippen LogP contribution in [0.3, 0.4) is 0 Å². The number of hydrogen-bond acceptors (Lipinski definition) is 3. The Labute approximate surface area is 108 Å². The summed E-state index contributed by atoms with van der Waals surface area (Å²) in [6, 6.07) is 0.299. The number of hydrogen-bond donors (Lipinski definition) is 0. The smallest absolute Gasteiger partial charge is 0.234 e. The van der Waals surface area contributed by atoms with E-state index in [0.717, 1.165) is 32.1 Å². The first-order chi connectivity index (χ1) is 8.54. The highest BCUT2D eigenvalue weighted by atomic mass is 16.2. The minimum absolute atomic E-state index is 0.0250. The SMILES string of the molecule is CCCC[C@@]12CC[C@@H]([C@@H]3C(=O)N(C)C(=O)[C@@H]31)N2C. The molecule has 3 aliphatic heterocycles. The fourth-order valence-electron chi connectivity index (χ4n) is 4.62. The molecule has 0 aliphatic carbocycles. The number of rotatable bonds is 3. The molecule has 0 aromatic carbocycles. The van der Waals surface area contributed by atoms with E-state index in [0.29, 0.717) is 6.04 Å². The quantitative estimate of drug-likeness (QED) is 0.708. The molecule has 4 heteroatoms. The molecular weight excluding hydrogens is 228 g/mol. The molecule has 4 atom stereocenters. The minimum atomic E-state index is -0.0645. The van der Waals surface area contributed by atoms with Gasteiger partial charge in [-0.1, -0.05) is 19.8 Å². The van der Waals surface area contributed by atoms with Crippen LogP contribution < -0.4 is 0 Å². The van der Waals surface area contributed by atoms with Crippen LogP contribution in [0.4, 0.5) is 0 Å². The number of likely N-dealkylation sites (tertiary alicyclic amines) is 1. The van der Waals surface area contributed by atoms with Crippen LogP contribution in [0, 0.1) is 11.8 Å². The number of carbonyl (C=O) groups excluding carboxylic acids is 2. The van der Waals surface area contributed by atoms with Gasteiger partial charge in [0.1, 0.15) is 0 Å². The average Bonchev–Trinajstić information content (AvgIpc) is 2.90. The maximum Gasteiger partial charge on any atom is 0.234 e. The third kappa shape index (κ3) is 1.20. The topological polar surface area (TPSA) is 40.6 Å². The predicted octanol–water partition coefficient (Wildman–Crippen LogP) is 1.25. The summed E-state index contributed by atoms with van der Waals surface area (Å²) in [4.78, 5) is 28.3. The zero-order valence-corrected chi connectivity index (χ0v) is 11.5. The van der Waals surface area contributed by atoms with Crippen LogP contribution in [0.25, 0.3) is 0 Å². The zero-order chi connectivity index (χ0) is 13.1. The summed E-state index contributed by atoms with van der Waals surface area (Å²) in [5, 5.41) is 0. The third-order valence-corrected chi connectivity index (χ3v) is 5.60. The molecule has 0 aromatic rings. The minimum Gasteiger partial charge on any atom is -0.296 e. The summed E-state index contributed by atoms with van der Waals surface area (Å²) in [6.45, 7) is 2.18. The molecule has 18 heavy (non-hydrogen) atoms. The van der Waals surface area contributed by atoms with Gasteiger partial charge >= 0.3 is 0 Å². The summed E-state index contributed by atoms with van der Waals surface area (Å²) >= 11 is 0. The van der Waals surface area contributed by atoms with Crippen molar-refractivity contribution in [2.75, 3.05) is 14.1 Å². The highest BCUT2D eigenvalue weighted by Gasteiger charge is 2.69. The Morgan fingerprint density at radius 3 is 2.67 bits per heavy atom. The van der Waals surface area contributed by atoms with Crippen LogP contribution in [-0.4, -0.2) is 47.3 Å². The molecule has 4 nitrogen and oxygen atoms in total. The van der Waals surface area contributed by atoms with Crippen molar-refractivity contribution in [3.8, 4) is 0 Å². The van der Waals surface area contributed by atoms with E-state index in [1.165, 1.54) is 4.90 Å². The Bertz CT molecular complexity index is 409. The van der Waals surface area contributed by atoms with Crippen molar-refractivity contribution >= 4 is 11.8 Å². The summed E-state index contributed by atoms with van der Waals surface area (Å²) in [5.41, 5.74) is -0.0250. The molecule has 2 bridgehead atoms. The summed E-state index contributed by atoms with van der Waals surface area (Å²) in [7, 11) is 3.77. The van der Waals surface area contributed by atoms with Crippen molar-refractivity contribution in [1.82, 2.24) is 9.80 Å². The maximum absolute atomic E-state index is 12.4. The van der Waals surface area contributed by atoms with Gasteiger partial charge in [0.25, 0.3) is 0 Å². The molecule has 3 heterocycles. The van der Waals surface area contributed by atoms with Gasteiger partial charge in [0.15, 0.2) is 0 Å². The molecule has 2 amide bonds. The molecule has 0 saturated carbocycles. The van der Waals surface area contributed by atoms with E-state index in [2.05, 4.69) is 18.9 Å². The maximum atomic E-state index is 12.4. The number of amides is 2. The van der Waals surface area contributed by atoms with Crippen molar-refractivity contribution in [1.29, 1.82) is 0 Å². The standard InChI is InChI=1S/C14H22N2O2/c1-4-5-7-14-8-6-9(16(14)3)10-11(14)13(18)15(2)12(10)17/h9-11H,4-8H2,1-3H3/t9-,10-,11+,14+/m0/s1. The van der Waals surface area contributed by atoms with Gasteiger partial charge in [0.2, 0.25) is 11.8 Å². The van der Waals surface area contributed by atoms with Crippen molar-refractivity contribution in [2.24, 2.45) is 11.8 Å². The average molecular weight is 250 g/mol. The molecule has 3 rings (SSSR count). The Morgan fingerprint density at radius 2 is 2.00 bits per heavy atom. The van der Waals surface area contributed by atoms with Crippen LogP contribution in [0.2, 0.25) is 0 Å². The number of fused-ring (bicyclic) bond motifs is 5. The molecule has 0 unspecified atom stereocenters. The Hall–Kier alpha value is -0.900. The van der Waals surface area contributed by atoms with E-state index >= 15 is 0 Å². The highest BCUT2D eigenvalue weighted by molar-refractivity contribution is 6.06. The molecule has 100 valence electrons. The second-order valence-corrected chi connectivity index (χ2v) is 6.16. The molecular formula is C14H22N2O2. The van der Waals surface area contributed by atoms with Crippen LogP contribution in [-0.2, 0) is 9.59 Å². The van der Waals surface area contributed by atoms with Crippen LogP contribution in [0.15, 0.2) is 0 Å². The van der Waals surface area contributed by atoms with Crippen molar-refractivity contribution < 1.29 is 9.59 Å². The lowest BCUT2D eigenvalue weighted by atomic mass is 9.70. The van der Waals surface area contributed by atoms with Gasteiger partial charge in [-0.3, -0.25) is 19.4 Å². The number of unbranched alkanes of at least 4 members (excludes halogenated alkanes) is 1. The summed E-state index contributed by atoms with van der Waals surface area (Å²) in [5.74, 6) is -0.00140. The van der Waals surface area contributed by atoms with E-state index in [1.807, 2.05) is 0 Å². The van der Waals surface area contributed by atoms with E-state index in [4.69, 9.17) is 0 Å². The second kappa shape index (κ2) is 3.80. The fraction of sp³-hybridized carbons (Fsp3) is 0.857. The number of imide groups is 1. The molecule has 0 radical (unpaired) electrons. The second-order valence-electron chi connectivity index (χ2n) is 6.16. The van der Waals surface area contributed by atoms with Gasteiger partial charge in [0.05, 0.1) is 11.8 Å². The Balaban J connectivity index is 1.99. The van der Waals surface area contributed by atoms with Crippen molar-refractivity contribution in [2.45, 2.75) is 50.6 Å². The zero-order valence-electron chi connectivity index (χ0n) is 11.5. The first-order valence-corrected chi connectivity index (χ1v) is 7.09. The number of nitrogens with zero attached hydrogens (tertiary/aromatic N) is 2. The summed E-state index contributed by atoms with van der Waals surface area (Å²) in [6.07, 6.45) is 5.52. The molecule has 3 fully saturated rings. The number of carbonyl (C=O) groups is 2. The van der Waals surface area contributed by atoms with Gasteiger partial charge in [-0.05, 0) is 26.3 Å². The predicted molar refractivity (Wildman–Crippen MR) is 67.8 cm³/mol. The molecule has 3 saturated heterocycles. The molecule has 3 aliphatic rings. The Morgan fingerprint density at radius 1 is 1.28 bits per heavy atom. The highest BCUT2D eigenvalue weighted by Crippen LogP contribution is 2.57. The van der Waals surface area contributed by atoms with Gasteiger partial charge in [0, 0.05) is 18.6 Å². The molecule has 0 aromatic heterocycles.